The predicted octanol–water partition coefficient (Wildman–Crippen LogP) is 2.14. The zero-order chi connectivity index (χ0) is 21.5. The zero-order valence-electron chi connectivity index (χ0n) is 16.0. The minimum absolute atomic E-state index is 0.0194. The van der Waals surface area contributed by atoms with Gasteiger partial charge in [-0.15, -0.1) is 0 Å². The molecule has 0 bridgehead atoms. The second-order valence-corrected chi connectivity index (χ2v) is 7.07. The number of carbonyl (C=O) groups is 2. The Morgan fingerprint density at radius 2 is 2.00 bits per heavy atom. The smallest absolute Gasteiger partial charge is 0.270 e. The molecule has 0 saturated carbocycles. The molecule has 30 heavy (non-hydrogen) atoms. The van der Waals surface area contributed by atoms with Gasteiger partial charge < -0.3 is 9.30 Å². The molecule has 0 fully saturated rings. The van der Waals surface area contributed by atoms with Gasteiger partial charge in [-0.1, -0.05) is 30.0 Å². The number of imidazole rings is 1. The third kappa shape index (κ3) is 5.13. The fourth-order valence-electron chi connectivity index (χ4n) is 2.69. The summed E-state index contributed by atoms with van der Waals surface area (Å²) in [4.78, 5) is 39.0. The first-order valence-corrected chi connectivity index (χ1v) is 9.89. The molecule has 1 heterocycles. The number of benzene rings is 2. The molecule has 0 aliphatic carbocycles. The molecule has 0 unspecified atom stereocenters. The average molecular weight is 429 g/mol. The van der Waals surface area contributed by atoms with Crippen molar-refractivity contribution in [3.05, 3.63) is 64.2 Å². The number of fused-ring (bicyclic) bond motifs is 1. The third-order valence-electron chi connectivity index (χ3n) is 4.11. The number of carbonyl (C=O) groups excluding carboxylic acids is 2. The summed E-state index contributed by atoms with van der Waals surface area (Å²) < 4.78 is 7.12. The topological polar surface area (TPSA) is 128 Å². The van der Waals surface area contributed by atoms with Gasteiger partial charge in [0.05, 0.1) is 28.3 Å². The van der Waals surface area contributed by atoms with Gasteiger partial charge in [-0.2, -0.15) is 0 Å². The number of nitro groups is 1. The first kappa shape index (κ1) is 21.3. The Kier molecular flexibility index (Phi) is 6.99. The summed E-state index contributed by atoms with van der Waals surface area (Å²) in [6, 6.07) is 12.9. The molecule has 3 rings (SSSR count). The molecule has 2 aromatic carbocycles. The number of hydrogen-bond donors (Lipinski definition) is 2. The molecule has 1 aromatic heterocycles. The predicted molar refractivity (Wildman–Crippen MR) is 111 cm³/mol. The van der Waals surface area contributed by atoms with E-state index < -0.39 is 16.7 Å². The first-order chi connectivity index (χ1) is 14.5. The zero-order valence-corrected chi connectivity index (χ0v) is 16.8. The van der Waals surface area contributed by atoms with E-state index in [0.717, 1.165) is 17.1 Å². The maximum atomic E-state index is 12.2. The number of methoxy groups -OCH3 is 1. The first-order valence-electron chi connectivity index (χ1n) is 8.90. The van der Waals surface area contributed by atoms with Crippen LogP contribution < -0.4 is 10.9 Å². The Bertz CT molecular complexity index is 1080. The molecule has 11 heteroatoms. The maximum absolute atomic E-state index is 12.2. The highest BCUT2D eigenvalue weighted by molar-refractivity contribution is 7.99. The number of para-hydroxylation sites is 2. The normalized spacial score (nSPS) is 10.7. The Morgan fingerprint density at radius 3 is 2.77 bits per heavy atom. The van der Waals surface area contributed by atoms with E-state index in [-0.39, 0.29) is 17.0 Å². The van der Waals surface area contributed by atoms with Crippen LogP contribution in [0.25, 0.3) is 11.0 Å². The monoisotopic (exact) mass is 429 g/mol. The van der Waals surface area contributed by atoms with Crippen molar-refractivity contribution in [1.29, 1.82) is 0 Å². The standard InChI is InChI=1S/C19H19N5O5S/c1-29-10-9-23-16-8-3-2-7-15(16)20-19(23)30-12-17(25)21-22-18(26)13-5-4-6-14(11-13)24(27)28/h2-8,11H,9-10,12H2,1H3,(H,21,25)(H,22,26). The summed E-state index contributed by atoms with van der Waals surface area (Å²) in [6.45, 7) is 1.09. The van der Waals surface area contributed by atoms with Crippen LogP contribution in [0.2, 0.25) is 0 Å². The molecule has 0 saturated heterocycles. The number of amides is 2. The van der Waals surface area contributed by atoms with Crippen molar-refractivity contribution in [2.75, 3.05) is 19.5 Å². The van der Waals surface area contributed by atoms with Crippen LogP contribution >= 0.6 is 11.8 Å². The Hall–Kier alpha value is -3.44. The number of rotatable bonds is 8. The maximum Gasteiger partial charge on any atom is 0.270 e. The molecule has 3 aromatic rings. The number of nitro benzene ring substituents is 1. The van der Waals surface area contributed by atoms with Gasteiger partial charge in [0, 0.05) is 31.4 Å². The van der Waals surface area contributed by atoms with Crippen molar-refractivity contribution < 1.29 is 19.2 Å². The highest BCUT2D eigenvalue weighted by Crippen LogP contribution is 2.23. The molecule has 2 N–H and O–H groups in total. The molecular weight excluding hydrogens is 410 g/mol. The number of hydrogen-bond acceptors (Lipinski definition) is 7. The highest BCUT2D eigenvalue weighted by atomic mass is 32.2. The number of hydrazine groups is 1. The Balaban J connectivity index is 1.59. The third-order valence-corrected chi connectivity index (χ3v) is 5.08. The second-order valence-electron chi connectivity index (χ2n) is 6.13. The van der Waals surface area contributed by atoms with Crippen LogP contribution in [0.4, 0.5) is 5.69 Å². The lowest BCUT2D eigenvalue weighted by Gasteiger charge is -2.09. The van der Waals surface area contributed by atoms with Crippen molar-refractivity contribution in [1.82, 2.24) is 20.4 Å². The van der Waals surface area contributed by atoms with Crippen LogP contribution in [0, 0.1) is 10.1 Å². The van der Waals surface area contributed by atoms with E-state index >= 15 is 0 Å². The van der Waals surface area contributed by atoms with Crippen LogP contribution in [0.3, 0.4) is 0 Å². The van der Waals surface area contributed by atoms with Crippen molar-refractivity contribution in [3.63, 3.8) is 0 Å². The summed E-state index contributed by atoms with van der Waals surface area (Å²) in [6.07, 6.45) is 0. The van der Waals surface area contributed by atoms with Gasteiger partial charge >= 0.3 is 0 Å². The van der Waals surface area contributed by atoms with E-state index in [9.17, 15) is 19.7 Å². The summed E-state index contributed by atoms with van der Waals surface area (Å²) in [5.41, 5.74) is 6.18. The van der Waals surface area contributed by atoms with Crippen molar-refractivity contribution in [2.24, 2.45) is 0 Å². The van der Waals surface area contributed by atoms with Crippen molar-refractivity contribution >= 4 is 40.3 Å². The van der Waals surface area contributed by atoms with Crippen LogP contribution in [0.5, 0.6) is 0 Å². The van der Waals surface area contributed by atoms with Crippen molar-refractivity contribution in [3.8, 4) is 0 Å². The Morgan fingerprint density at radius 1 is 1.20 bits per heavy atom. The fraction of sp³-hybridized carbons (Fsp3) is 0.211. The van der Waals surface area contributed by atoms with Crippen LogP contribution in [-0.4, -0.2) is 45.8 Å². The van der Waals surface area contributed by atoms with E-state index in [1.54, 1.807) is 7.11 Å². The van der Waals surface area contributed by atoms with Crippen LogP contribution in [0.15, 0.2) is 53.7 Å². The molecule has 0 radical (unpaired) electrons. The minimum atomic E-state index is -0.649. The van der Waals surface area contributed by atoms with Gasteiger partial charge in [-0.05, 0) is 18.2 Å². The lowest BCUT2D eigenvalue weighted by molar-refractivity contribution is -0.384. The summed E-state index contributed by atoms with van der Waals surface area (Å²) >= 11 is 1.23. The molecule has 2 amide bonds. The summed E-state index contributed by atoms with van der Waals surface area (Å²) in [5.74, 6) is -1.07. The fourth-order valence-corrected chi connectivity index (χ4v) is 3.53. The largest absolute Gasteiger partial charge is 0.383 e. The molecule has 0 aliphatic heterocycles. The van der Waals surface area contributed by atoms with E-state index in [0.29, 0.717) is 18.3 Å². The minimum Gasteiger partial charge on any atom is -0.383 e. The van der Waals surface area contributed by atoms with E-state index in [4.69, 9.17) is 4.74 Å². The lowest BCUT2D eigenvalue weighted by Crippen LogP contribution is -2.42. The molecule has 0 atom stereocenters. The molecule has 10 nitrogen and oxygen atoms in total. The summed E-state index contributed by atoms with van der Waals surface area (Å²) in [5, 5.41) is 11.5. The van der Waals surface area contributed by atoms with Gasteiger partial charge in [0.2, 0.25) is 5.91 Å². The molecule has 156 valence electrons. The Labute approximate surface area is 175 Å². The number of nitrogens with zero attached hydrogens (tertiary/aromatic N) is 3. The number of thioether (sulfide) groups is 1. The highest BCUT2D eigenvalue weighted by Gasteiger charge is 2.15. The van der Waals surface area contributed by atoms with Gasteiger partial charge in [-0.3, -0.25) is 30.6 Å². The number of nitrogens with one attached hydrogen (secondary N) is 2. The average Bonchev–Trinajstić information content (AvgIpc) is 3.12. The van der Waals surface area contributed by atoms with E-state index in [2.05, 4.69) is 15.8 Å². The number of non-ortho nitro benzene ring substituents is 1. The van der Waals surface area contributed by atoms with Crippen LogP contribution in [0.1, 0.15) is 10.4 Å². The van der Waals surface area contributed by atoms with E-state index in [1.807, 2.05) is 28.8 Å². The van der Waals surface area contributed by atoms with Crippen molar-refractivity contribution in [2.45, 2.75) is 11.7 Å². The van der Waals surface area contributed by atoms with Gasteiger partial charge in [0.25, 0.3) is 11.6 Å². The van der Waals surface area contributed by atoms with Gasteiger partial charge in [0.1, 0.15) is 0 Å². The number of ether oxygens (including phenoxy) is 1. The SMILES string of the molecule is COCCn1c(SCC(=O)NNC(=O)c2cccc([N+](=O)[O-])c2)nc2ccccc21. The summed E-state index contributed by atoms with van der Waals surface area (Å²) in [7, 11) is 1.61. The molecular formula is C19H19N5O5S. The second kappa shape index (κ2) is 9.85. The van der Waals surface area contributed by atoms with Gasteiger partial charge in [0.15, 0.2) is 5.16 Å². The molecule has 0 aliphatic rings. The van der Waals surface area contributed by atoms with E-state index in [1.165, 1.54) is 30.0 Å². The quantitative estimate of drug-likeness (QED) is 0.319. The lowest BCUT2D eigenvalue weighted by atomic mass is 10.2. The van der Waals surface area contributed by atoms with Crippen LogP contribution in [-0.2, 0) is 16.1 Å². The molecule has 0 spiro atoms. The number of aromatic nitrogens is 2. The van der Waals surface area contributed by atoms with Gasteiger partial charge in [-0.25, -0.2) is 4.98 Å².